The molecule has 0 radical (unpaired) electrons. The van der Waals surface area contributed by atoms with Crippen LogP contribution in [0.25, 0.3) is 32.9 Å². The van der Waals surface area contributed by atoms with Crippen molar-refractivity contribution in [3.05, 3.63) is 60.4 Å². The fourth-order valence-corrected chi connectivity index (χ4v) is 3.72. The topological polar surface area (TPSA) is 86.9 Å². The first-order valence-corrected chi connectivity index (χ1v) is 9.35. The Morgan fingerprint density at radius 3 is 2.72 bits per heavy atom. The highest BCUT2D eigenvalue weighted by molar-refractivity contribution is 6.02. The summed E-state index contributed by atoms with van der Waals surface area (Å²) in [6.07, 6.45) is 0.704. The molecule has 5 rings (SSSR count). The predicted molar refractivity (Wildman–Crippen MR) is 109 cm³/mol. The van der Waals surface area contributed by atoms with Crippen LogP contribution in [0.5, 0.6) is 0 Å². The number of halogens is 1. The van der Waals surface area contributed by atoms with Gasteiger partial charge in [0, 0.05) is 23.4 Å². The molecule has 0 saturated carbocycles. The molecule has 1 aliphatic rings. The first-order chi connectivity index (χ1) is 14.1. The van der Waals surface area contributed by atoms with Crippen molar-refractivity contribution in [3.8, 4) is 11.3 Å². The molecule has 3 aromatic carbocycles. The normalized spacial score (nSPS) is 16.3. The number of amides is 2. The molecule has 2 amide bonds. The third kappa shape index (κ3) is 3.10. The lowest BCUT2D eigenvalue weighted by atomic mass is 10.0. The van der Waals surface area contributed by atoms with Crippen molar-refractivity contribution in [1.82, 2.24) is 15.5 Å². The number of benzene rings is 3. The summed E-state index contributed by atoms with van der Waals surface area (Å²) in [5, 5.41) is 15.3. The number of aromatic nitrogens is 2. The molecule has 3 N–H and O–H groups in total. The van der Waals surface area contributed by atoms with Crippen molar-refractivity contribution in [2.75, 3.05) is 5.32 Å². The van der Waals surface area contributed by atoms with E-state index in [1.807, 2.05) is 42.5 Å². The van der Waals surface area contributed by atoms with Crippen LogP contribution in [0.2, 0.25) is 0 Å². The summed E-state index contributed by atoms with van der Waals surface area (Å²) in [6.45, 7) is 0. The predicted octanol–water partition coefficient (Wildman–Crippen LogP) is 3.74. The fourth-order valence-electron chi connectivity index (χ4n) is 3.72. The van der Waals surface area contributed by atoms with Crippen molar-refractivity contribution in [2.45, 2.75) is 18.9 Å². The van der Waals surface area contributed by atoms with Crippen LogP contribution < -0.4 is 10.6 Å². The van der Waals surface area contributed by atoms with Crippen LogP contribution in [0, 0.1) is 5.82 Å². The van der Waals surface area contributed by atoms with Crippen molar-refractivity contribution >= 4 is 39.2 Å². The van der Waals surface area contributed by atoms with Crippen LogP contribution in [-0.4, -0.2) is 28.1 Å². The standard InChI is InChI=1S/C22H17FN4O2/c23-16-11-18-15(10-19(16)25-22(29)17-7-8-20(28)24-17)21(27-26-18)14-6-5-12-3-1-2-4-13(12)9-14/h1-6,9-11,17H,7-8H2,(H,24,28)(H,25,29)(H,26,27)/t17-/m0/s1. The Bertz CT molecular complexity index is 1280. The summed E-state index contributed by atoms with van der Waals surface area (Å²) in [4.78, 5) is 23.7. The third-order valence-electron chi connectivity index (χ3n) is 5.24. The maximum atomic E-state index is 14.5. The van der Waals surface area contributed by atoms with Gasteiger partial charge in [0.05, 0.1) is 16.9 Å². The molecule has 1 fully saturated rings. The SMILES string of the molecule is O=C1CC[C@@H](C(=O)Nc2cc3c(-c4ccc5ccccc5c4)n[nH]c3cc2F)N1. The van der Waals surface area contributed by atoms with E-state index in [9.17, 15) is 14.0 Å². The van der Waals surface area contributed by atoms with Gasteiger partial charge in [-0.05, 0) is 29.3 Å². The van der Waals surface area contributed by atoms with Gasteiger partial charge >= 0.3 is 0 Å². The van der Waals surface area contributed by atoms with Gasteiger partial charge < -0.3 is 10.6 Å². The lowest BCUT2D eigenvalue weighted by Gasteiger charge is -2.12. The minimum atomic E-state index is -0.637. The maximum absolute atomic E-state index is 14.5. The van der Waals surface area contributed by atoms with Crippen LogP contribution in [0.1, 0.15) is 12.8 Å². The third-order valence-corrected chi connectivity index (χ3v) is 5.24. The summed E-state index contributed by atoms with van der Waals surface area (Å²) in [5.41, 5.74) is 2.17. The largest absolute Gasteiger partial charge is 0.344 e. The number of aromatic amines is 1. The lowest BCUT2D eigenvalue weighted by Crippen LogP contribution is -2.37. The van der Waals surface area contributed by atoms with Crippen LogP contribution in [0.15, 0.2) is 54.6 Å². The average Bonchev–Trinajstić information content (AvgIpc) is 3.34. The van der Waals surface area contributed by atoms with Crippen molar-refractivity contribution in [3.63, 3.8) is 0 Å². The molecular weight excluding hydrogens is 371 g/mol. The van der Waals surface area contributed by atoms with E-state index in [-0.39, 0.29) is 11.6 Å². The molecule has 1 saturated heterocycles. The second-order valence-corrected chi connectivity index (χ2v) is 7.16. The van der Waals surface area contributed by atoms with E-state index in [1.54, 1.807) is 6.07 Å². The van der Waals surface area contributed by atoms with E-state index < -0.39 is 17.8 Å². The molecule has 29 heavy (non-hydrogen) atoms. The highest BCUT2D eigenvalue weighted by Crippen LogP contribution is 2.32. The number of nitrogens with one attached hydrogen (secondary N) is 3. The minimum Gasteiger partial charge on any atom is -0.344 e. The quantitative estimate of drug-likeness (QED) is 0.500. The second-order valence-electron chi connectivity index (χ2n) is 7.16. The zero-order valence-electron chi connectivity index (χ0n) is 15.3. The van der Waals surface area contributed by atoms with Gasteiger partial charge in [0.1, 0.15) is 11.9 Å². The van der Waals surface area contributed by atoms with Crippen LogP contribution >= 0.6 is 0 Å². The van der Waals surface area contributed by atoms with Gasteiger partial charge in [-0.25, -0.2) is 4.39 Å². The number of fused-ring (bicyclic) bond motifs is 2. The average molecular weight is 388 g/mol. The Balaban J connectivity index is 1.53. The molecule has 7 heteroatoms. The second kappa shape index (κ2) is 6.70. The number of nitrogens with zero attached hydrogens (tertiary/aromatic N) is 1. The molecule has 0 unspecified atom stereocenters. The van der Waals surface area contributed by atoms with E-state index in [2.05, 4.69) is 20.8 Å². The number of H-pyrrole nitrogens is 1. The highest BCUT2D eigenvalue weighted by atomic mass is 19.1. The van der Waals surface area contributed by atoms with E-state index in [4.69, 9.17) is 0 Å². The monoisotopic (exact) mass is 388 g/mol. The van der Waals surface area contributed by atoms with E-state index in [0.717, 1.165) is 16.3 Å². The Hall–Kier alpha value is -3.74. The molecule has 144 valence electrons. The van der Waals surface area contributed by atoms with Crippen LogP contribution in [0.3, 0.4) is 0 Å². The van der Waals surface area contributed by atoms with Crippen LogP contribution in [0.4, 0.5) is 10.1 Å². The number of hydrogen-bond donors (Lipinski definition) is 3. The van der Waals surface area contributed by atoms with Gasteiger partial charge in [0.25, 0.3) is 0 Å². The number of carbonyl (C=O) groups excluding carboxylic acids is 2. The first-order valence-electron chi connectivity index (χ1n) is 9.35. The molecule has 1 atom stereocenters. The molecule has 2 heterocycles. The molecule has 1 aromatic heterocycles. The van der Waals surface area contributed by atoms with E-state index in [1.165, 1.54) is 6.07 Å². The highest BCUT2D eigenvalue weighted by Gasteiger charge is 2.28. The van der Waals surface area contributed by atoms with Gasteiger partial charge in [0.2, 0.25) is 11.8 Å². The Morgan fingerprint density at radius 2 is 1.93 bits per heavy atom. The summed E-state index contributed by atoms with van der Waals surface area (Å²) < 4.78 is 14.5. The number of rotatable bonds is 3. The minimum absolute atomic E-state index is 0.0621. The van der Waals surface area contributed by atoms with Crippen molar-refractivity contribution in [2.24, 2.45) is 0 Å². The molecule has 4 aromatic rings. The van der Waals surface area contributed by atoms with E-state index >= 15 is 0 Å². The van der Waals surface area contributed by atoms with Gasteiger partial charge in [-0.1, -0.05) is 36.4 Å². The van der Waals surface area contributed by atoms with Crippen molar-refractivity contribution < 1.29 is 14.0 Å². The molecule has 6 nitrogen and oxygen atoms in total. The maximum Gasteiger partial charge on any atom is 0.247 e. The molecule has 0 spiro atoms. The lowest BCUT2D eigenvalue weighted by molar-refractivity contribution is -0.122. The first kappa shape index (κ1) is 17.4. The van der Waals surface area contributed by atoms with E-state index in [0.29, 0.717) is 29.4 Å². The number of hydrogen-bond acceptors (Lipinski definition) is 3. The Kier molecular flexibility index (Phi) is 4.01. The van der Waals surface area contributed by atoms with Gasteiger partial charge in [0.15, 0.2) is 0 Å². The number of anilines is 1. The van der Waals surface area contributed by atoms with Gasteiger partial charge in [-0.15, -0.1) is 0 Å². The molecule has 0 bridgehead atoms. The fraction of sp³-hybridized carbons (Fsp3) is 0.136. The number of carbonyl (C=O) groups is 2. The zero-order chi connectivity index (χ0) is 20.0. The Labute approximate surface area is 165 Å². The molecular formula is C22H17FN4O2. The zero-order valence-corrected chi connectivity index (χ0v) is 15.3. The summed E-state index contributed by atoms with van der Waals surface area (Å²) >= 11 is 0. The Morgan fingerprint density at radius 1 is 1.10 bits per heavy atom. The molecule has 0 aliphatic carbocycles. The summed E-state index contributed by atoms with van der Waals surface area (Å²) in [5.74, 6) is -1.16. The van der Waals surface area contributed by atoms with Crippen molar-refractivity contribution in [1.29, 1.82) is 0 Å². The molecule has 1 aliphatic heterocycles. The summed E-state index contributed by atoms with van der Waals surface area (Å²) in [7, 11) is 0. The summed E-state index contributed by atoms with van der Waals surface area (Å²) in [6, 6.07) is 16.3. The van der Waals surface area contributed by atoms with Gasteiger partial charge in [-0.2, -0.15) is 5.10 Å². The smallest absolute Gasteiger partial charge is 0.247 e. The van der Waals surface area contributed by atoms with Crippen LogP contribution in [-0.2, 0) is 9.59 Å². The van der Waals surface area contributed by atoms with Gasteiger partial charge in [-0.3, -0.25) is 14.7 Å².